The van der Waals surface area contributed by atoms with Crippen LogP contribution in [0, 0.1) is 5.92 Å². The van der Waals surface area contributed by atoms with Gasteiger partial charge in [-0.15, -0.1) is 0 Å². The summed E-state index contributed by atoms with van der Waals surface area (Å²) < 4.78 is 0. The molecular weight excluding hydrogens is 226 g/mol. The number of aliphatic carboxylic acids is 1. The highest BCUT2D eigenvalue weighted by Crippen LogP contribution is 2.34. The van der Waals surface area contributed by atoms with Gasteiger partial charge in [-0.3, -0.25) is 4.79 Å². The standard InChI is InChI=1S/C15H21NO2/c1-10(2)16-8-7-12-5-4-6-13(14(12)16)9-11(3)15(17)18/h4-6,10-11H,7-9H2,1-3H3,(H,17,18). The lowest BCUT2D eigenvalue weighted by Gasteiger charge is -2.26. The Morgan fingerprint density at radius 1 is 1.39 bits per heavy atom. The van der Waals surface area contributed by atoms with Gasteiger partial charge in [0.15, 0.2) is 0 Å². The molecule has 18 heavy (non-hydrogen) atoms. The summed E-state index contributed by atoms with van der Waals surface area (Å²) in [4.78, 5) is 13.4. The maximum atomic E-state index is 11.0. The van der Waals surface area contributed by atoms with E-state index in [2.05, 4.69) is 30.9 Å². The normalized spacial score (nSPS) is 15.9. The molecule has 98 valence electrons. The van der Waals surface area contributed by atoms with Crippen LogP contribution in [0.15, 0.2) is 18.2 Å². The van der Waals surface area contributed by atoms with Gasteiger partial charge in [-0.2, -0.15) is 0 Å². The van der Waals surface area contributed by atoms with Gasteiger partial charge < -0.3 is 10.0 Å². The summed E-state index contributed by atoms with van der Waals surface area (Å²) in [5, 5.41) is 9.05. The van der Waals surface area contributed by atoms with E-state index in [-0.39, 0.29) is 5.92 Å². The van der Waals surface area contributed by atoms with Crippen LogP contribution in [0.25, 0.3) is 0 Å². The minimum atomic E-state index is -0.721. The van der Waals surface area contributed by atoms with Gasteiger partial charge in [0.25, 0.3) is 0 Å². The molecular formula is C15H21NO2. The highest BCUT2D eigenvalue weighted by Gasteiger charge is 2.25. The molecule has 1 aromatic carbocycles. The Hall–Kier alpha value is -1.51. The fraction of sp³-hybridized carbons (Fsp3) is 0.533. The summed E-state index contributed by atoms with van der Waals surface area (Å²) in [7, 11) is 0. The summed E-state index contributed by atoms with van der Waals surface area (Å²) in [5.74, 6) is -1.05. The highest BCUT2D eigenvalue weighted by atomic mass is 16.4. The number of carboxylic acid groups (broad SMARTS) is 1. The smallest absolute Gasteiger partial charge is 0.306 e. The van der Waals surface area contributed by atoms with Crippen LogP contribution in [0.3, 0.4) is 0 Å². The summed E-state index contributed by atoms with van der Waals surface area (Å²) in [6.45, 7) is 7.20. The van der Waals surface area contributed by atoms with Crippen molar-refractivity contribution in [1.82, 2.24) is 0 Å². The van der Waals surface area contributed by atoms with Crippen LogP contribution in [0.5, 0.6) is 0 Å². The Balaban J connectivity index is 2.32. The molecule has 3 nitrogen and oxygen atoms in total. The molecule has 1 heterocycles. The van der Waals surface area contributed by atoms with Gasteiger partial charge in [0, 0.05) is 18.3 Å². The number of carboxylic acids is 1. The van der Waals surface area contributed by atoms with Crippen molar-refractivity contribution in [3.63, 3.8) is 0 Å². The molecule has 0 saturated carbocycles. The number of anilines is 1. The monoisotopic (exact) mass is 247 g/mol. The molecule has 1 aliphatic rings. The molecule has 0 bridgehead atoms. The fourth-order valence-corrected chi connectivity index (χ4v) is 2.67. The summed E-state index contributed by atoms with van der Waals surface area (Å²) >= 11 is 0. The van der Waals surface area contributed by atoms with E-state index in [1.165, 1.54) is 16.8 Å². The van der Waals surface area contributed by atoms with Crippen molar-refractivity contribution in [2.75, 3.05) is 11.4 Å². The SMILES string of the molecule is CC(Cc1cccc2c1N(C(C)C)CC2)C(=O)O. The number of rotatable bonds is 4. The second-order valence-electron chi connectivity index (χ2n) is 5.41. The lowest BCUT2D eigenvalue weighted by atomic mass is 9.97. The number of hydrogen-bond acceptors (Lipinski definition) is 2. The Morgan fingerprint density at radius 3 is 2.72 bits per heavy atom. The second kappa shape index (κ2) is 5.01. The molecule has 0 aliphatic carbocycles. The summed E-state index contributed by atoms with van der Waals surface area (Å²) in [5.41, 5.74) is 3.81. The summed E-state index contributed by atoms with van der Waals surface area (Å²) in [6, 6.07) is 6.74. The molecule has 1 atom stereocenters. The van der Waals surface area contributed by atoms with Crippen molar-refractivity contribution >= 4 is 11.7 Å². The fourth-order valence-electron chi connectivity index (χ4n) is 2.67. The Labute approximate surface area is 108 Å². The highest BCUT2D eigenvalue weighted by molar-refractivity contribution is 5.71. The third-order valence-corrected chi connectivity index (χ3v) is 3.68. The molecule has 1 aromatic rings. The number of benzene rings is 1. The van der Waals surface area contributed by atoms with Crippen molar-refractivity contribution in [3.05, 3.63) is 29.3 Å². The van der Waals surface area contributed by atoms with Gasteiger partial charge in [0.1, 0.15) is 0 Å². The molecule has 0 aromatic heterocycles. The first kappa shape index (κ1) is 12.9. The largest absolute Gasteiger partial charge is 0.481 e. The van der Waals surface area contributed by atoms with Crippen molar-refractivity contribution in [2.24, 2.45) is 5.92 Å². The average Bonchev–Trinajstić information content (AvgIpc) is 2.73. The van der Waals surface area contributed by atoms with Crippen LogP contribution in [-0.2, 0) is 17.6 Å². The van der Waals surface area contributed by atoms with Crippen LogP contribution >= 0.6 is 0 Å². The molecule has 1 N–H and O–H groups in total. The van der Waals surface area contributed by atoms with E-state index < -0.39 is 5.97 Å². The number of fused-ring (bicyclic) bond motifs is 1. The molecule has 0 radical (unpaired) electrons. The first-order valence-electron chi connectivity index (χ1n) is 6.61. The molecule has 1 aliphatic heterocycles. The lowest BCUT2D eigenvalue weighted by molar-refractivity contribution is -0.141. The maximum absolute atomic E-state index is 11.0. The van der Waals surface area contributed by atoms with E-state index in [4.69, 9.17) is 5.11 Å². The Morgan fingerprint density at radius 2 is 2.11 bits per heavy atom. The molecule has 0 fully saturated rings. The molecule has 2 rings (SSSR count). The Bertz CT molecular complexity index is 454. The molecule has 0 amide bonds. The lowest BCUT2D eigenvalue weighted by Crippen LogP contribution is -2.29. The van der Waals surface area contributed by atoms with Gasteiger partial charge in [0.05, 0.1) is 5.92 Å². The van der Waals surface area contributed by atoms with Crippen molar-refractivity contribution in [3.8, 4) is 0 Å². The van der Waals surface area contributed by atoms with Crippen LogP contribution < -0.4 is 4.90 Å². The van der Waals surface area contributed by atoms with E-state index in [9.17, 15) is 4.79 Å². The third kappa shape index (κ3) is 2.35. The second-order valence-corrected chi connectivity index (χ2v) is 5.41. The van der Waals surface area contributed by atoms with E-state index >= 15 is 0 Å². The maximum Gasteiger partial charge on any atom is 0.306 e. The number of hydrogen-bond donors (Lipinski definition) is 1. The predicted molar refractivity (Wildman–Crippen MR) is 73.1 cm³/mol. The quantitative estimate of drug-likeness (QED) is 0.889. The number of carbonyl (C=O) groups is 1. The minimum absolute atomic E-state index is 0.328. The van der Waals surface area contributed by atoms with E-state index in [0.29, 0.717) is 12.5 Å². The first-order chi connectivity index (χ1) is 8.50. The van der Waals surface area contributed by atoms with Crippen molar-refractivity contribution in [2.45, 2.75) is 39.7 Å². The van der Waals surface area contributed by atoms with Crippen LogP contribution in [0.4, 0.5) is 5.69 Å². The van der Waals surface area contributed by atoms with Gasteiger partial charge in [0.2, 0.25) is 0 Å². The number of nitrogens with zero attached hydrogens (tertiary/aromatic N) is 1. The summed E-state index contributed by atoms with van der Waals surface area (Å²) in [6.07, 6.45) is 1.69. The zero-order valence-corrected chi connectivity index (χ0v) is 11.3. The van der Waals surface area contributed by atoms with Gasteiger partial charge in [-0.1, -0.05) is 25.1 Å². The van der Waals surface area contributed by atoms with Crippen LogP contribution in [0.2, 0.25) is 0 Å². The van der Waals surface area contributed by atoms with E-state index in [1.807, 2.05) is 6.07 Å². The molecule has 3 heteroatoms. The van der Waals surface area contributed by atoms with Crippen molar-refractivity contribution in [1.29, 1.82) is 0 Å². The predicted octanol–water partition coefficient (Wildman–Crippen LogP) is 2.72. The topological polar surface area (TPSA) is 40.5 Å². The van der Waals surface area contributed by atoms with Gasteiger partial charge >= 0.3 is 5.97 Å². The van der Waals surface area contributed by atoms with Crippen LogP contribution in [0.1, 0.15) is 31.9 Å². The van der Waals surface area contributed by atoms with Crippen molar-refractivity contribution < 1.29 is 9.90 Å². The minimum Gasteiger partial charge on any atom is -0.481 e. The average molecular weight is 247 g/mol. The third-order valence-electron chi connectivity index (χ3n) is 3.68. The van der Waals surface area contributed by atoms with Crippen LogP contribution in [-0.4, -0.2) is 23.7 Å². The number of para-hydroxylation sites is 1. The molecule has 1 unspecified atom stereocenters. The molecule has 0 spiro atoms. The van der Waals surface area contributed by atoms with E-state index in [0.717, 1.165) is 13.0 Å². The Kier molecular flexibility index (Phi) is 3.60. The van der Waals surface area contributed by atoms with Gasteiger partial charge in [-0.05, 0) is 37.8 Å². The van der Waals surface area contributed by atoms with Gasteiger partial charge in [-0.25, -0.2) is 0 Å². The molecule has 0 saturated heterocycles. The zero-order valence-electron chi connectivity index (χ0n) is 11.3. The first-order valence-corrected chi connectivity index (χ1v) is 6.61. The zero-order chi connectivity index (χ0) is 13.3. The van der Waals surface area contributed by atoms with E-state index in [1.54, 1.807) is 6.92 Å².